The van der Waals surface area contributed by atoms with E-state index in [1.54, 1.807) is 18.2 Å². The standard InChI is InChI=1S/C12H14N2O4S/c1-17-9-6-4-3-5-8(9)11-10(7-19(2,15)16)18-14-12(11)13/h3-6H,7H2,1-2H3,(H2,13,14). The van der Waals surface area contributed by atoms with Crippen molar-refractivity contribution in [3.8, 4) is 16.9 Å². The van der Waals surface area contributed by atoms with Crippen molar-refractivity contribution in [2.24, 2.45) is 0 Å². The average Bonchev–Trinajstić information content (AvgIpc) is 2.68. The Morgan fingerprint density at radius 1 is 1.37 bits per heavy atom. The summed E-state index contributed by atoms with van der Waals surface area (Å²) in [7, 11) is -1.72. The van der Waals surface area contributed by atoms with Gasteiger partial charge in [-0.2, -0.15) is 0 Å². The van der Waals surface area contributed by atoms with Gasteiger partial charge in [0.15, 0.2) is 21.4 Å². The fourth-order valence-corrected chi connectivity index (χ4v) is 2.49. The van der Waals surface area contributed by atoms with E-state index in [1.807, 2.05) is 6.07 Å². The first kappa shape index (κ1) is 13.4. The minimum absolute atomic E-state index is 0.142. The molecule has 0 aliphatic heterocycles. The van der Waals surface area contributed by atoms with Crippen molar-refractivity contribution in [3.63, 3.8) is 0 Å². The quantitative estimate of drug-likeness (QED) is 0.912. The monoisotopic (exact) mass is 282 g/mol. The molecule has 0 fully saturated rings. The van der Waals surface area contributed by atoms with Gasteiger partial charge in [0.25, 0.3) is 0 Å². The van der Waals surface area contributed by atoms with E-state index >= 15 is 0 Å². The number of ether oxygens (including phenoxy) is 1. The van der Waals surface area contributed by atoms with Gasteiger partial charge in [-0.3, -0.25) is 0 Å². The lowest BCUT2D eigenvalue weighted by atomic mass is 10.1. The first-order chi connectivity index (χ1) is 8.92. The minimum Gasteiger partial charge on any atom is -0.496 e. The second kappa shape index (κ2) is 4.93. The maximum Gasteiger partial charge on any atom is 0.175 e. The minimum atomic E-state index is -3.24. The van der Waals surface area contributed by atoms with Crippen molar-refractivity contribution >= 4 is 15.7 Å². The van der Waals surface area contributed by atoms with Crippen molar-refractivity contribution in [2.75, 3.05) is 19.1 Å². The molecule has 2 aromatic rings. The van der Waals surface area contributed by atoms with Gasteiger partial charge in [-0.1, -0.05) is 23.4 Å². The van der Waals surface area contributed by atoms with Crippen LogP contribution in [0.1, 0.15) is 5.76 Å². The van der Waals surface area contributed by atoms with Gasteiger partial charge in [0.2, 0.25) is 0 Å². The number of anilines is 1. The van der Waals surface area contributed by atoms with Gasteiger partial charge in [0.05, 0.1) is 12.7 Å². The molecule has 0 radical (unpaired) electrons. The van der Waals surface area contributed by atoms with Gasteiger partial charge in [0.1, 0.15) is 11.5 Å². The van der Waals surface area contributed by atoms with Crippen LogP contribution in [-0.4, -0.2) is 26.9 Å². The number of methoxy groups -OCH3 is 1. The number of rotatable bonds is 4. The van der Waals surface area contributed by atoms with E-state index in [0.717, 1.165) is 6.26 Å². The van der Waals surface area contributed by atoms with Crippen LogP contribution in [0.3, 0.4) is 0 Å². The molecule has 102 valence electrons. The molecular weight excluding hydrogens is 268 g/mol. The summed E-state index contributed by atoms with van der Waals surface area (Å²) in [6.45, 7) is 0. The summed E-state index contributed by atoms with van der Waals surface area (Å²) in [4.78, 5) is 0. The van der Waals surface area contributed by atoms with Crippen molar-refractivity contribution in [3.05, 3.63) is 30.0 Å². The fourth-order valence-electron chi connectivity index (χ4n) is 1.81. The Hall–Kier alpha value is -2.02. The van der Waals surface area contributed by atoms with E-state index in [1.165, 1.54) is 7.11 Å². The topological polar surface area (TPSA) is 95.4 Å². The lowest BCUT2D eigenvalue weighted by molar-refractivity contribution is 0.395. The molecule has 2 N–H and O–H groups in total. The molecule has 0 aliphatic carbocycles. The van der Waals surface area contributed by atoms with Crippen molar-refractivity contribution in [1.29, 1.82) is 0 Å². The van der Waals surface area contributed by atoms with E-state index in [-0.39, 0.29) is 17.3 Å². The maximum atomic E-state index is 11.4. The van der Waals surface area contributed by atoms with E-state index in [9.17, 15) is 8.42 Å². The largest absolute Gasteiger partial charge is 0.496 e. The van der Waals surface area contributed by atoms with Crippen LogP contribution in [0.4, 0.5) is 5.82 Å². The third-order valence-corrected chi connectivity index (χ3v) is 3.35. The molecule has 0 saturated carbocycles. The Labute approximate surface area is 111 Å². The average molecular weight is 282 g/mol. The highest BCUT2D eigenvalue weighted by Gasteiger charge is 2.21. The first-order valence-corrected chi connectivity index (χ1v) is 7.53. The summed E-state index contributed by atoms with van der Waals surface area (Å²) in [5.74, 6) is 0.671. The first-order valence-electron chi connectivity index (χ1n) is 5.47. The maximum absolute atomic E-state index is 11.4. The van der Waals surface area contributed by atoms with Crippen LogP contribution in [0.5, 0.6) is 5.75 Å². The number of nitrogens with zero attached hydrogens (tertiary/aromatic N) is 1. The molecular formula is C12H14N2O4S. The van der Waals surface area contributed by atoms with Crippen LogP contribution in [-0.2, 0) is 15.6 Å². The predicted molar refractivity (Wildman–Crippen MR) is 71.5 cm³/mol. The zero-order chi connectivity index (χ0) is 14.0. The van der Waals surface area contributed by atoms with E-state index in [4.69, 9.17) is 15.0 Å². The normalized spacial score (nSPS) is 11.5. The van der Waals surface area contributed by atoms with E-state index in [0.29, 0.717) is 16.9 Å². The second-order valence-corrected chi connectivity index (χ2v) is 6.28. The number of hydrogen-bond acceptors (Lipinski definition) is 6. The molecule has 7 heteroatoms. The summed E-state index contributed by atoms with van der Waals surface area (Å²) in [6.07, 6.45) is 1.12. The van der Waals surface area contributed by atoms with Gasteiger partial charge >= 0.3 is 0 Å². The molecule has 0 amide bonds. The molecule has 0 unspecified atom stereocenters. The molecule has 2 rings (SSSR count). The summed E-state index contributed by atoms with van der Waals surface area (Å²) in [5, 5.41) is 3.64. The summed E-state index contributed by atoms with van der Waals surface area (Å²) >= 11 is 0. The third-order valence-electron chi connectivity index (χ3n) is 2.56. The molecule has 0 spiro atoms. The number of nitrogens with two attached hydrogens (primary N) is 1. The Morgan fingerprint density at radius 3 is 2.68 bits per heavy atom. The fraction of sp³-hybridized carbons (Fsp3) is 0.250. The Balaban J connectivity index is 2.59. The van der Waals surface area contributed by atoms with Crippen LogP contribution in [0, 0.1) is 0 Å². The number of sulfone groups is 1. The smallest absolute Gasteiger partial charge is 0.175 e. The SMILES string of the molecule is COc1ccccc1-c1c(N)noc1CS(C)(=O)=O. The van der Waals surface area contributed by atoms with Crippen molar-refractivity contribution in [2.45, 2.75) is 5.75 Å². The van der Waals surface area contributed by atoms with E-state index < -0.39 is 9.84 Å². The highest BCUT2D eigenvalue weighted by Crippen LogP contribution is 2.36. The lowest BCUT2D eigenvalue weighted by Crippen LogP contribution is -2.01. The van der Waals surface area contributed by atoms with Crippen LogP contribution >= 0.6 is 0 Å². The number of hydrogen-bond donors (Lipinski definition) is 1. The number of para-hydroxylation sites is 1. The highest BCUT2D eigenvalue weighted by atomic mass is 32.2. The predicted octanol–water partition coefficient (Wildman–Crippen LogP) is 1.48. The molecule has 1 aromatic heterocycles. The van der Waals surface area contributed by atoms with Gasteiger partial charge in [-0.05, 0) is 6.07 Å². The molecule has 19 heavy (non-hydrogen) atoms. The molecule has 1 aromatic carbocycles. The summed E-state index contributed by atoms with van der Waals surface area (Å²) < 4.78 is 33.0. The highest BCUT2D eigenvalue weighted by molar-refractivity contribution is 7.89. The zero-order valence-electron chi connectivity index (χ0n) is 10.6. The molecule has 0 bridgehead atoms. The lowest BCUT2D eigenvalue weighted by Gasteiger charge is -2.07. The zero-order valence-corrected chi connectivity index (χ0v) is 11.4. The van der Waals surface area contributed by atoms with Crippen molar-refractivity contribution in [1.82, 2.24) is 5.16 Å². The van der Waals surface area contributed by atoms with Gasteiger partial charge in [0, 0.05) is 11.8 Å². The van der Waals surface area contributed by atoms with Crippen LogP contribution in [0.2, 0.25) is 0 Å². The second-order valence-electron chi connectivity index (χ2n) is 4.14. The van der Waals surface area contributed by atoms with Crippen LogP contribution in [0.15, 0.2) is 28.8 Å². The molecule has 6 nitrogen and oxygen atoms in total. The summed E-state index contributed by atoms with van der Waals surface area (Å²) in [5.41, 5.74) is 6.88. The molecule has 0 aliphatic rings. The Kier molecular flexibility index (Phi) is 3.48. The van der Waals surface area contributed by atoms with Gasteiger partial charge in [-0.25, -0.2) is 8.42 Å². The Bertz CT molecular complexity index is 692. The number of aromatic nitrogens is 1. The van der Waals surface area contributed by atoms with Crippen molar-refractivity contribution < 1.29 is 17.7 Å². The van der Waals surface area contributed by atoms with Crippen LogP contribution < -0.4 is 10.5 Å². The Morgan fingerprint density at radius 2 is 2.05 bits per heavy atom. The third kappa shape index (κ3) is 2.87. The number of benzene rings is 1. The van der Waals surface area contributed by atoms with Crippen LogP contribution in [0.25, 0.3) is 11.1 Å². The molecule has 0 saturated heterocycles. The van der Waals surface area contributed by atoms with Gasteiger partial charge < -0.3 is 15.0 Å². The van der Waals surface area contributed by atoms with E-state index in [2.05, 4.69) is 5.16 Å². The van der Waals surface area contributed by atoms with Gasteiger partial charge in [-0.15, -0.1) is 0 Å². The molecule has 0 atom stereocenters. The molecule has 1 heterocycles. The number of nitrogen functional groups attached to an aromatic ring is 1. The summed E-state index contributed by atoms with van der Waals surface area (Å²) in [6, 6.07) is 7.14.